The molecule has 4 nitrogen and oxygen atoms in total. The molecule has 9 heavy (non-hydrogen) atoms. The van der Waals surface area contributed by atoms with Crippen LogP contribution in [0.5, 0.6) is 0 Å². The Morgan fingerprint density at radius 3 is 1.78 bits per heavy atom. The minimum atomic E-state index is -1.23. The number of aliphatic carboxylic acids is 1. The predicted molar refractivity (Wildman–Crippen MR) is 34.5 cm³/mol. The van der Waals surface area contributed by atoms with Gasteiger partial charge in [0.25, 0.3) is 15.4 Å². The lowest BCUT2D eigenvalue weighted by atomic mass is 10.4. The van der Waals surface area contributed by atoms with Gasteiger partial charge in [0, 0.05) is 0 Å². The summed E-state index contributed by atoms with van der Waals surface area (Å²) in [6, 6.07) is 0. The highest BCUT2D eigenvalue weighted by Gasteiger charge is 2.01. The lowest BCUT2D eigenvalue weighted by Gasteiger charge is -1.89. The quantitative estimate of drug-likeness (QED) is 0.492. The summed E-state index contributed by atoms with van der Waals surface area (Å²) in [5.41, 5.74) is 0. The van der Waals surface area contributed by atoms with E-state index in [1.165, 1.54) is 6.92 Å². The molecule has 0 saturated carbocycles. The van der Waals surface area contributed by atoms with Crippen molar-refractivity contribution in [2.24, 2.45) is 0 Å². The summed E-state index contributed by atoms with van der Waals surface area (Å²) in [5.74, 6) is -1.19. The normalized spacial score (nSPS) is 9.67. The molecule has 1 atom stereocenters. The molecule has 1 unspecified atom stereocenters. The number of carbonyl (C=O) groups is 1. The van der Waals surface area contributed by atoms with Crippen molar-refractivity contribution in [3.63, 3.8) is 0 Å². The fraction of sp³-hybridized carbons (Fsp3) is 0.667. The fourth-order valence-corrected chi connectivity index (χ4v) is 0. The Hall–Kier alpha value is 0.212. The van der Waals surface area contributed by atoms with Gasteiger partial charge in [-0.25, -0.2) is 4.79 Å². The van der Waals surface area contributed by atoms with Crippen LogP contribution in [0, 0.1) is 0 Å². The maximum absolute atomic E-state index is 9.45. The molecule has 0 spiro atoms. The summed E-state index contributed by atoms with van der Waals surface area (Å²) < 4.78 is 0. The Morgan fingerprint density at radius 1 is 1.67 bits per heavy atom. The molecule has 2 radical (unpaired) electrons. The first kappa shape index (κ1) is 16.1. The third-order valence-electron chi connectivity index (χ3n) is 0.357. The van der Waals surface area contributed by atoms with Crippen molar-refractivity contribution >= 4 is 31.4 Å². The maximum atomic E-state index is 9.45. The van der Waals surface area contributed by atoms with E-state index < -0.39 is 12.1 Å². The van der Waals surface area contributed by atoms with Gasteiger partial charge in [-0.1, -0.05) is 0 Å². The maximum Gasteiger partial charge on any atom is 0.332 e. The third-order valence-corrected chi connectivity index (χ3v) is 0.357. The second kappa shape index (κ2) is 11.1. The van der Waals surface area contributed by atoms with Crippen LogP contribution in [0.2, 0.25) is 0 Å². The van der Waals surface area contributed by atoms with Gasteiger partial charge >= 0.3 is 5.97 Å². The minimum Gasteiger partial charge on any atom is -0.479 e. The molecule has 0 rings (SSSR count). The van der Waals surface area contributed by atoms with Gasteiger partial charge < -0.3 is 15.7 Å². The monoisotopic (exact) mass is 170 g/mol. The predicted octanol–water partition coefficient (Wildman–Crippen LogP) is -1.06. The van der Waals surface area contributed by atoms with Crippen molar-refractivity contribution in [1.82, 2.24) is 0 Å². The van der Waals surface area contributed by atoms with E-state index >= 15 is 0 Å². The van der Waals surface area contributed by atoms with Crippen LogP contribution in [-0.4, -0.2) is 43.1 Å². The van der Waals surface area contributed by atoms with E-state index in [4.69, 9.17) is 10.2 Å². The average molecular weight is 171 g/mol. The van der Waals surface area contributed by atoms with Gasteiger partial charge in [-0.2, -0.15) is 0 Å². The van der Waals surface area contributed by atoms with E-state index in [-0.39, 0.29) is 5.48 Å². The Labute approximate surface area is 65.4 Å². The van der Waals surface area contributed by atoms with Gasteiger partial charge in [-0.3, -0.25) is 10.0 Å². The second-order valence-electron chi connectivity index (χ2n) is 1.01. The molecular weight excluding hydrogens is 162 g/mol. The van der Waals surface area contributed by atoms with Crippen molar-refractivity contribution in [2.45, 2.75) is 13.0 Å². The lowest BCUT2D eigenvalue weighted by Crippen LogP contribution is -2.13. The molecule has 4 N–H and O–H groups in total. The van der Waals surface area contributed by atoms with Crippen LogP contribution < -0.4 is 0 Å². The van der Waals surface area contributed by atoms with Crippen molar-refractivity contribution < 1.29 is 20.5 Å². The molecule has 0 fully saturated rings. The molecule has 0 amide bonds. The lowest BCUT2D eigenvalue weighted by molar-refractivity contribution is -0.145. The molecule has 0 aliphatic carbocycles. The van der Waals surface area contributed by atoms with Crippen LogP contribution in [-0.2, 0) is 4.79 Å². The Balaban J connectivity index is -0.000000109. The first-order valence-corrected chi connectivity index (χ1v) is 3.52. The van der Waals surface area contributed by atoms with Crippen LogP contribution >= 0.6 is 10.0 Å². The minimum absolute atomic E-state index is 0. The molecule has 0 heterocycles. The molecule has 0 aliphatic heterocycles. The zero-order valence-electron chi connectivity index (χ0n) is 4.84. The number of carboxylic acid groups (broad SMARTS) is 1. The third kappa shape index (κ3) is 17.9. The van der Waals surface area contributed by atoms with Crippen LogP contribution in [0.4, 0.5) is 0 Å². The topological polar surface area (TPSA) is 89.0 Å². The van der Waals surface area contributed by atoms with E-state index in [9.17, 15) is 4.79 Å². The van der Waals surface area contributed by atoms with E-state index in [0.29, 0.717) is 0 Å². The second-order valence-corrected chi connectivity index (χ2v) is 1.01. The summed E-state index contributed by atoms with van der Waals surface area (Å²) >= 11 is 1.89. The van der Waals surface area contributed by atoms with Gasteiger partial charge in [0.15, 0.2) is 0 Å². The van der Waals surface area contributed by atoms with Gasteiger partial charge in [0.2, 0.25) is 0 Å². The average Bonchev–Trinajstić information content (AvgIpc) is 1.72. The first-order chi connectivity index (χ1) is 3.64. The number of rotatable bonds is 1. The van der Waals surface area contributed by atoms with Crippen LogP contribution in [0.1, 0.15) is 6.92 Å². The molecule has 54 valence electrons. The number of aliphatic hydroxyl groups excluding tert-OH is 1. The van der Waals surface area contributed by atoms with Crippen LogP contribution in [0.15, 0.2) is 0 Å². The standard InChI is InChI=1S/C3H6O3.Al.ClH.H2O/c1-2(4)3(5)6;;;/h2,4H,1H3,(H,5,6);;1H;1H2/q;+1;;/p-1. The van der Waals surface area contributed by atoms with Crippen LogP contribution in [0.25, 0.3) is 0 Å². The van der Waals surface area contributed by atoms with Crippen molar-refractivity contribution in [3.05, 3.63) is 0 Å². The number of carboxylic acids is 1. The number of aliphatic hydroxyl groups is 1. The molecule has 0 aromatic rings. The largest absolute Gasteiger partial charge is 0.479 e. The summed E-state index contributed by atoms with van der Waals surface area (Å²) in [4.78, 5) is 9.45. The van der Waals surface area contributed by atoms with Gasteiger partial charge in [0.1, 0.15) is 6.10 Å². The molecule has 0 aromatic carbocycles. The van der Waals surface area contributed by atoms with Gasteiger partial charge in [-0.05, 0) is 6.92 Å². The molecular formula is C3H8AlClO4. The van der Waals surface area contributed by atoms with E-state index in [1.54, 1.807) is 0 Å². The Kier molecular flexibility index (Phi) is 19.8. The van der Waals surface area contributed by atoms with Crippen molar-refractivity contribution in [2.75, 3.05) is 0 Å². The molecule has 0 saturated heterocycles. The van der Waals surface area contributed by atoms with E-state index in [0.717, 1.165) is 0 Å². The molecule has 0 aliphatic rings. The Morgan fingerprint density at radius 2 is 1.78 bits per heavy atom. The summed E-state index contributed by atoms with van der Waals surface area (Å²) in [6.45, 7) is 1.20. The summed E-state index contributed by atoms with van der Waals surface area (Å²) in [6.07, 6.45) is -1.23. The van der Waals surface area contributed by atoms with E-state index in [2.05, 4.69) is 10.0 Å². The number of hydrogen-bond donors (Lipinski definition) is 2. The highest BCUT2D eigenvalue weighted by Crippen LogP contribution is 1.73. The fourth-order valence-electron chi connectivity index (χ4n) is 0. The van der Waals surface area contributed by atoms with Crippen LogP contribution in [0.3, 0.4) is 0 Å². The zero-order chi connectivity index (χ0) is 7.15. The molecule has 0 bridgehead atoms. The van der Waals surface area contributed by atoms with E-state index in [1.807, 2.05) is 15.4 Å². The molecule has 6 heteroatoms. The van der Waals surface area contributed by atoms with Gasteiger partial charge in [-0.15, -0.1) is 0 Å². The summed E-state index contributed by atoms with van der Waals surface area (Å²) in [7, 11) is 4.56. The first-order valence-electron chi connectivity index (χ1n) is 1.77. The smallest absolute Gasteiger partial charge is 0.332 e. The highest BCUT2D eigenvalue weighted by atomic mass is 35.6. The zero-order valence-corrected chi connectivity index (χ0v) is 6.75. The summed E-state index contributed by atoms with van der Waals surface area (Å²) in [5, 5.41) is 15.8. The van der Waals surface area contributed by atoms with Crippen molar-refractivity contribution in [3.8, 4) is 0 Å². The Bertz CT molecular complexity index is 66.8. The van der Waals surface area contributed by atoms with Gasteiger partial charge in [0.05, 0.1) is 0 Å². The SMILES string of the molecule is CC(O)C(=O)O.O.[Al][Cl]. The highest BCUT2D eigenvalue weighted by molar-refractivity contribution is 6.80. The molecule has 0 aromatic heterocycles. The van der Waals surface area contributed by atoms with Crippen molar-refractivity contribution in [1.29, 1.82) is 0 Å². The number of halogens is 1. The number of hydrogen-bond acceptors (Lipinski definition) is 2.